The van der Waals surface area contributed by atoms with Crippen LogP contribution in [0.5, 0.6) is 0 Å². The lowest BCUT2D eigenvalue weighted by Gasteiger charge is -2.31. The van der Waals surface area contributed by atoms with Crippen molar-refractivity contribution >= 4 is 0 Å². The molecule has 2 rings (SSSR count). The van der Waals surface area contributed by atoms with Crippen LogP contribution in [0.2, 0.25) is 0 Å². The van der Waals surface area contributed by atoms with Crippen LogP contribution in [0.15, 0.2) is 24.3 Å². The molecule has 1 aromatic carbocycles. The fourth-order valence-corrected chi connectivity index (χ4v) is 3.64. The molecule has 1 unspecified atom stereocenters. The summed E-state index contributed by atoms with van der Waals surface area (Å²) < 4.78 is 0. The van der Waals surface area contributed by atoms with Crippen molar-refractivity contribution in [3.05, 3.63) is 35.4 Å². The summed E-state index contributed by atoms with van der Waals surface area (Å²) in [6.07, 6.45) is 7.44. The van der Waals surface area contributed by atoms with Gasteiger partial charge in [-0.2, -0.15) is 0 Å². The van der Waals surface area contributed by atoms with Crippen LogP contribution in [-0.2, 0) is 6.42 Å². The molecule has 1 fully saturated rings. The van der Waals surface area contributed by atoms with Gasteiger partial charge in [0.15, 0.2) is 0 Å². The van der Waals surface area contributed by atoms with Gasteiger partial charge in [-0.25, -0.2) is 0 Å². The van der Waals surface area contributed by atoms with Crippen LogP contribution in [0.4, 0.5) is 0 Å². The van der Waals surface area contributed by atoms with E-state index in [1.165, 1.54) is 69.3 Å². The molecule has 1 aliphatic rings. The van der Waals surface area contributed by atoms with Crippen LogP contribution in [0, 0.1) is 5.92 Å². The largest absolute Gasteiger partial charge is 0.330 e. The number of aryl methyl sites for hydroxylation is 1. The fourth-order valence-electron chi connectivity index (χ4n) is 3.64. The lowest BCUT2D eigenvalue weighted by Crippen LogP contribution is -2.36. The van der Waals surface area contributed by atoms with Gasteiger partial charge >= 0.3 is 0 Å². The molecule has 0 spiro atoms. The first-order valence-corrected chi connectivity index (χ1v) is 9.45. The van der Waals surface area contributed by atoms with Gasteiger partial charge in [0.2, 0.25) is 0 Å². The second kappa shape index (κ2) is 10.1. The zero-order valence-corrected chi connectivity index (χ0v) is 15.1. The van der Waals surface area contributed by atoms with Gasteiger partial charge < -0.3 is 16.0 Å². The number of rotatable bonds is 9. The first-order chi connectivity index (χ1) is 11.3. The zero-order chi connectivity index (χ0) is 16.5. The Morgan fingerprint density at radius 3 is 2.48 bits per heavy atom. The Labute approximate surface area is 142 Å². The van der Waals surface area contributed by atoms with Crippen molar-refractivity contribution in [3.63, 3.8) is 0 Å². The summed E-state index contributed by atoms with van der Waals surface area (Å²) in [4.78, 5) is 2.61. The topological polar surface area (TPSA) is 41.3 Å². The highest BCUT2D eigenvalue weighted by Gasteiger charge is 2.17. The molecule has 0 aromatic heterocycles. The SMILES string of the molecule is CCCC(NC)c1ccc(CCCN2CCC(CN)CC2)cc1. The van der Waals surface area contributed by atoms with E-state index >= 15 is 0 Å². The van der Waals surface area contributed by atoms with Crippen LogP contribution < -0.4 is 11.1 Å². The molecule has 0 aliphatic carbocycles. The second-order valence-corrected chi connectivity index (χ2v) is 7.00. The Bertz CT molecular complexity index is 421. The molecule has 23 heavy (non-hydrogen) atoms. The van der Waals surface area contributed by atoms with Crippen molar-refractivity contribution in [3.8, 4) is 0 Å². The highest BCUT2D eigenvalue weighted by molar-refractivity contribution is 5.25. The second-order valence-electron chi connectivity index (χ2n) is 7.00. The number of nitrogens with one attached hydrogen (secondary N) is 1. The average molecular weight is 318 g/mol. The van der Waals surface area contributed by atoms with E-state index in [4.69, 9.17) is 5.73 Å². The van der Waals surface area contributed by atoms with Crippen molar-refractivity contribution in [2.24, 2.45) is 11.7 Å². The van der Waals surface area contributed by atoms with Gasteiger partial charge in [0, 0.05) is 6.04 Å². The molecule has 0 radical (unpaired) electrons. The molecule has 3 nitrogen and oxygen atoms in total. The third kappa shape index (κ3) is 5.91. The molecule has 130 valence electrons. The molecule has 1 atom stereocenters. The average Bonchev–Trinajstić information content (AvgIpc) is 2.61. The zero-order valence-electron chi connectivity index (χ0n) is 15.1. The van der Waals surface area contributed by atoms with Crippen LogP contribution >= 0.6 is 0 Å². The number of benzene rings is 1. The maximum absolute atomic E-state index is 5.76. The normalized spacial score (nSPS) is 18.2. The minimum Gasteiger partial charge on any atom is -0.330 e. The van der Waals surface area contributed by atoms with Gasteiger partial charge in [-0.3, -0.25) is 0 Å². The molecule has 3 heteroatoms. The van der Waals surface area contributed by atoms with Crippen LogP contribution in [-0.4, -0.2) is 38.1 Å². The fraction of sp³-hybridized carbons (Fsp3) is 0.700. The lowest BCUT2D eigenvalue weighted by atomic mass is 9.96. The summed E-state index contributed by atoms with van der Waals surface area (Å²) in [6.45, 7) is 6.82. The Kier molecular flexibility index (Phi) is 8.07. The van der Waals surface area contributed by atoms with Gasteiger partial charge in [-0.1, -0.05) is 37.6 Å². The molecular formula is C20H35N3. The number of hydrogen-bond donors (Lipinski definition) is 2. The van der Waals surface area contributed by atoms with E-state index in [0.717, 1.165) is 12.5 Å². The predicted octanol–water partition coefficient (Wildman–Crippen LogP) is 3.35. The Morgan fingerprint density at radius 2 is 1.91 bits per heavy atom. The van der Waals surface area contributed by atoms with E-state index in [1.54, 1.807) is 0 Å². The third-order valence-electron chi connectivity index (χ3n) is 5.29. The molecule has 1 aliphatic heterocycles. The summed E-state index contributed by atoms with van der Waals surface area (Å²) in [5, 5.41) is 3.42. The molecular weight excluding hydrogens is 282 g/mol. The minimum absolute atomic E-state index is 0.498. The molecule has 1 heterocycles. The molecule has 0 amide bonds. The molecule has 3 N–H and O–H groups in total. The molecule has 1 aromatic rings. The van der Waals surface area contributed by atoms with Crippen molar-refractivity contribution in [1.82, 2.24) is 10.2 Å². The van der Waals surface area contributed by atoms with Gasteiger partial charge in [0.1, 0.15) is 0 Å². The first kappa shape index (κ1) is 18.4. The van der Waals surface area contributed by atoms with Gasteiger partial charge in [0.25, 0.3) is 0 Å². The first-order valence-electron chi connectivity index (χ1n) is 9.45. The maximum atomic E-state index is 5.76. The maximum Gasteiger partial charge on any atom is 0.0317 e. The van der Waals surface area contributed by atoms with E-state index < -0.39 is 0 Å². The molecule has 0 saturated carbocycles. The number of likely N-dealkylation sites (tertiary alicyclic amines) is 1. The van der Waals surface area contributed by atoms with E-state index in [0.29, 0.717) is 6.04 Å². The van der Waals surface area contributed by atoms with Gasteiger partial charge in [-0.05, 0) is 82.4 Å². The van der Waals surface area contributed by atoms with Gasteiger partial charge in [-0.15, -0.1) is 0 Å². The van der Waals surface area contributed by atoms with Crippen LogP contribution in [0.1, 0.15) is 56.2 Å². The number of nitrogens with zero attached hydrogens (tertiary/aromatic N) is 1. The predicted molar refractivity (Wildman–Crippen MR) is 99.7 cm³/mol. The summed E-state index contributed by atoms with van der Waals surface area (Å²) in [5.74, 6) is 0.766. The third-order valence-corrected chi connectivity index (χ3v) is 5.29. The standard InChI is InChI=1S/C20H35N3/c1-3-5-20(22-2)19-9-7-17(8-10-19)6-4-13-23-14-11-18(16-21)12-15-23/h7-10,18,20,22H,3-6,11-16,21H2,1-2H3. The van der Waals surface area contributed by atoms with E-state index in [2.05, 4.69) is 48.5 Å². The van der Waals surface area contributed by atoms with Crippen LogP contribution in [0.3, 0.4) is 0 Å². The minimum atomic E-state index is 0.498. The van der Waals surface area contributed by atoms with Crippen LogP contribution in [0.25, 0.3) is 0 Å². The van der Waals surface area contributed by atoms with E-state index in [-0.39, 0.29) is 0 Å². The Morgan fingerprint density at radius 1 is 1.22 bits per heavy atom. The summed E-state index contributed by atoms with van der Waals surface area (Å²) in [6, 6.07) is 9.74. The monoisotopic (exact) mass is 317 g/mol. The quantitative estimate of drug-likeness (QED) is 0.734. The van der Waals surface area contributed by atoms with E-state index in [1.807, 2.05) is 0 Å². The Balaban J connectivity index is 1.72. The lowest BCUT2D eigenvalue weighted by molar-refractivity contribution is 0.186. The summed E-state index contributed by atoms with van der Waals surface area (Å²) in [5.41, 5.74) is 8.65. The highest BCUT2D eigenvalue weighted by atomic mass is 15.1. The molecule has 1 saturated heterocycles. The summed E-state index contributed by atoms with van der Waals surface area (Å²) >= 11 is 0. The number of hydrogen-bond acceptors (Lipinski definition) is 3. The van der Waals surface area contributed by atoms with Crippen molar-refractivity contribution in [2.75, 3.05) is 33.2 Å². The number of nitrogens with two attached hydrogens (primary N) is 1. The van der Waals surface area contributed by atoms with Crippen molar-refractivity contribution in [2.45, 2.75) is 51.5 Å². The molecule has 0 bridgehead atoms. The van der Waals surface area contributed by atoms with E-state index in [9.17, 15) is 0 Å². The number of piperidine rings is 1. The Hall–Kier alpha value is -0.900. The van der Waals surface area contributed by atoms with Crippen molar-refractivity contribution in [1.29, 1.82) is 0 Å². The van der Waals surface area contributed by atoms with Crippen molar-refractivity contribution < 1.29 is 0 Å². The smallest absolute Gasteiger partial charge is 0.0317 e. The summed E-state index contributed by atoms with van der Waals surface area (Å²) in [7, 11) is 2.06. The highest BCUT2D eigenvalue weighted by Crippen LogP contribution is 2.19. The van der Waals surface area contributed by atoms with Gasteiger partial charge in [0.05, 0.1) is 0 Å².